The van der Waals surface area contributed by atoms with Crippen LogP contribution >= 0.6 is 0 Å². The molecule has 4 aliphatic rings. The maximum Gasteiger partial charge on any atom is 0.416 e. The predicted molar refractivity (Wildman–Crippen MR) is 289 cm³/mol. The zero-order chi connectivity index (χ0) is 55.0. The molecule has 0 bridgehead atoms. The Labute approximate surface area is 452 Å². The third-order valence-corrected chi connectivity index (χ3v) is 14.0. The van der Waals surface area contributed by atoms with Gasteiger partial charge in [-0.2, -0.15) is 0 Å². The van der Waals surface area contributed by atoms with Crippen molar-refractivity contribution in [3.8, 4) is 34.5 Å². The van der Waals surface area contributed by atoms with Gasteiger partial charge in [0, 0.05) is 39.4 Å². The lowest BCUT2D eigenvalue weighted by atomic mass is 9.92. The Morgan fingerprint density at radius 2 is 1.12 bits per heavy atom. The Morgan fingerprint density at radius 1 is 0.615 bits per heavy atom. The van der Waals surface area contributed by atoms with Crippen molar-refractivity contribution in [2.24, 2.45) is 0 Å². The molecule has 4 aliphatic heterocycles. The number of amides is 4. The van der Waals surface area contributed by atoms with Crippen LogP contribution in [0.2, 0.25) is 0 Å². The standard InChI is InChI=1S/C59H61N5O14/c1-9-26-75-58(67)63-46-32-52(50(71-5)30-44(46)54(65)61-24-22-38(28-48(61)56(63)73-7)36-14-18-42(69-3)19-15-36)77-34-40-12-11-13-41(60-40)35-78-53-33-47-45(31-51(53)72-6)55(66)62-25-23-39(37-16-20-43(70-4)21-17-37)29-49(62)57(74-8)64(47)59(68)76-27-10-2/h9-22,29-33,48-49,56-57H,1-2,23-28,34-35H2,3-8H3/t48-,49-,56?,57?/m0/s1. The van der Waals surface area contributed by atoms with E-state index in [4.69, 9.17) is 52.4 Å². The van der Waals surface area contributed by atoms with Crippen molar-refractivity contribution in [3.63, 3.8) is 0 Å². The summed E-state index contributed by atoms with van der Waals surface area (Å²) in [7, 11) is 9.09. The number of carbonyl (C=O) groups excluding carboxylic acids is 4. The number of methoxy groups -OCH3 is 6. The zero-order valence-corrected chi connectivity index (χ0v) is 44.3. The lowest BCUT2D eigenvalue weighted by molar-refractivity contribution is 0.0175. The summed E-state index contributed by atoms with van der Waals surface area (Å²) in [5.41, 5.74) is 5.55. The molecule has 0 aliphatic carbocycles. The Morgan fingerprint density at radius 3 is 1.60 bits per heavy atom. The molecule has 19 heteroatoms. The van der Waals surface area contributed by atoms with Crippen molar-refractivity contribution in [2.45, 2.75) is 50.6 Å². The SMILES string of the molecule is C=CCOC(=O)N1c2cc(OCc3cccc(COc4cc5c(cc4OC)C(=O)N4CC=C(c6ccc(OC)cc6)C[C@H]4C(OC)N5C(=O)OCC=C)n3)c(OC)cc2C(=O)N2CCC(c3ccc(OC)cc3)=C[C@H]2C1OC. The molecule has 2 unspecified atom stereocenters. The van der Waals surface area contributed by atoms with Crippen LogP contribution in [0.3, 0.4) is 0 Å². The van der Waals surface area contributed by atoms with Crippen LogP contribution in [-0.4, -0.2) is 132 Å². The maximum atomic E-state index is 14.6. The zero-order valence-electron chi connectivity index (χ0n) is 44.3. The van der Waals surface area contributed by atoms with Crippen molar-refractivity contribution >= 4 is 46.5 Å². The number of hydrogen-bond donors (Lipinski definition) is 0. The molecule has 78 heavy (non-hydrogen) atoms. The molecule has 0 fully saturated rings. The van der Waals surface area contributed by atoms with Gasteiger partial charge in [-0.25, -0.2) is 19.4 Å². The highest BCUT2D eigenvalue weighted by Crippen LogP contribution is 2.45. The van der Waals surface area contributed by atoms with Gasteiger partial charge in [0.2, 0.25) is 0 Å². The molecule has 0 spiro atoms. The highest BCUT2D eigenvalue weighted by atomic mass is 16.6. The van der Waals surface area contributed by atoms with E-state index in [1.807, 2.05) is 60.7 Å². The van der Waals surface area contributed by atoms with Crippen LogP contribution in [0, 0.1) is 0 Å². The van der Waals surface area contributed by atoms with E-state index in [0.29, 0.717) is 42.3 Å². The van der Waals surface area contributed by atoms with Crippen LogP contribution in [-0.2, 0) is 32.2 Å². The fourth-order valence-corrected chi connectivity index (χ4v) is 10.2. The number of anilines is 2. The second-order valence-corrected chi connectivity index (χ2v) is 18.3. The van der Waals surface area contributed by atoms with Crippen LogP contribution in [0.1, 0.15) is 56.1 Å². The molecule has 406 valence electrons. The summed E-state index contributed by atoms with van der Waals surface area (Å²) < 4.78 is 58.6. The smallest absolute Gasteiger partial charge is 0.416 e. The summed E-state index contributed by atoms with van der Waals surface area (Å²) in [5, 5.41) is 0. The largest absolute Gasteiger partial charge is 0.497 e. The van der Waals surface area contributed by atoms with E-state index >= 15 is 0 Å². The highest BCUT2D eigenvalue weighted by Gasteiger charge is 2.47. The van der Waals surface area contributed by atoms with Gasteiger partial charge in [-0.3, -0.25) is 14.6 Å². The number of hydrogen-bond acceptors (Lipinski definition) is 15. The normalized spacial score (nSPS) is 18.5. The molecule has 0 N–H and O–H groups in total. The topological polar surface area (TPSA) is 186 Å². The van der Waals surface area contributed by atoms with Gasteiger partial charge >= 0.3 is 12.2 Å². The Bertz CT molecular complexity index is 3140. The van der Waals surface area contributed by atoms with Crippen molar-refractivity contribution in [1.82, 2.24) is 14.8 Å². The summed E-state index contributed by atoms with van der Waals surface area (Å²) in [6.45, 7) is 7.66. The molecule has 19 nitrogen and oxygen atoms in total. The first-order valence-corrected chi connectivity index (χ1v) is 25.1. The van der Waals surface area contributed by atoms with E-state index in [0.717, 1.165) is 22.3 Å². The van der Waals surface area contributed by atoms with E-state index < -0.39 is 36.7 Å². The van der Waals surface area contributed by atoms with Crippen LogP contribution in [0.4, 0.5) is 21.0 Å². The Balaban J connectivity index is 0.979. The first kappa shape index (κ1) is 54.0. The van der Waals surface area contributed by atoms with Crippen molar-refractivity contribution in [3.05, 3.63) is 162 Å². The van der Waals surface area contributed by atoms with Crippen LogP contribution in [0.25, 0.3) is 11.1 Å². The molecule has 5 heterocycles. The molecule has 5 aromatic rings. The van der Waals surface area contributed by atoms with E-state index in [-0.39, 0.29) is 90.3 Å². The minimum Gasteiger partial charge on any atom is -0.497 e. The summed E-state index contributed by atoms with van der Waals surface area (Å²) in [6, 6.07) is 25.5. The van der Waals surface area contributed by atoms with E-state index in [1.165, 1.54) is 50.4 Å². The summed E-state index contributed by atoms with van der Waals surface area (Å²) in [5.74, 6) is 1.61. The number of rotatable bonds is 18. The van der Waals surface area contributed by atoms with Crippen LogP contribution in [0.5, 0.6) is 34.5 Å². The Hall–Kier alpha value is -8.81. The quantitative estimate of drug-likeness (QED) is 0.0756. The van der Waals surface area contributed by atoms with Gasteiger partial charge in [0.05, 0.1) is 74.4 Å². The number of ether oxygens (including phenoxy) is 10. The second-order valence-electron chi connectivity index (χ2n) is 18.3. The van der Waals surface area contributed by atoms with Crippen molar-refractivity contribution < 1.29 is 66.5 Å². The van der Waals surface area contributed by atoms with Gasteiger partial charge in [-0.1, -0.05) is 67.8 Å². The number of benzene rings is 4. The second kappa shape index (κ2) is 24.0. The third-order valence-electron chi connectivity index (χ3n) is 14.0. The lowest BCUT2D eigenvalue weighted by Gasteiger charge is -2.40. The summed E-state index contributed by atoms with van der Waals surface area (Å²) in [6.07, 6.45) is 4.24. The molecule has 4 atom stereocenters. The number of pyridine rings is 1. The molecule has 4 amide bonds. The molecule has 0 radical (unpaired) electrons. The van der Waals surface area contributed by atoms with Crippen LogP contribution < -0.4 is 38.2 Å². The molecular weight excluding hydrogens is 1000 g/mol. The van der Waals surface area contributed by atoms with E-state index in [9.17, 15) is 19.2 Å². The predicted octanol–water partition coefficient (Wildman–Crippen LogP) is 9.10. The maximum absolute atomic E-state index is 14.6. The minimum absolute atomic E-state index is 0.0772. The minimum atomic E-state index is -1.02. The van der Waals surface area contributed by atoms with Crippen LogP contribution in [0.15, 0.2) is 128 Å². The summed E-state index contributed by atoms with van der Waals surface area (Å²) in [4.78, 5) is 68.4. The number of fused-ring (bicyclic) bond motifs is 4. The molecule has 9 rings (SSSR count). The van der Waals surface area contributed by atoms with Gasteiger partial charge < -0.3 is 57.2 Å². The molecule has 0 saturated heterocycles. The molecule has 4 aromatic carbocycles. The van der Waals surface area contributed by atoms with Crippen molar-refractivity contribution in [2.75, 3.05) is 78.8 Å². The first-order chi connectivity index (χ1) is 38.0. The monoisotopic (exact) mass is 1060 g/mol. The van der Waals surface area contributed by atoms with Gasteiger partial charge in [0.25, 0.3) is 11.8 Å². The number of carbonyl (C=O) groups is 4. The lowest BCUT2D eigenvalue weighted by Crippen LogP contribution is -2.55. The fourth-order valence-electron chi connectivity index (χ4n) is 10.2. The van der Waals surface area contributed by atoms with Gasteiger partial charge in [-0.15, -0.1) is 0 Å². The molecular formula is C59H61N5O14. The van der Waals surface area contributed by atoms with Gasteiger partial charge in [0.15, 0.2) is 35.5 Å². The first-order valence-electron chi connectivity index (χ1n) is 25.1. The number of aromatic nitrogens is 1. The van der Waals surface area contributed by atoms with Gasteiger partial charge in [-0.05, 0) is 83.6 Å². The summed E-state index contributed by atoms with van der Waals surface area (Å²) >= 11 is 0. The average molecular weight is 1060 g/mol. The average Bonchev–Trinajstić information content (AvgIpc) is 3.94. The van der Waals surface area contributed by atoms with Crippen molar-refractivity contribution in [1.29, 1.82) is 0 Å². The van der Waals surface area contributed by atoms with E-state index in [1.54, 1.807) is 66.5 Å². The Kier molecular flexibility index (Phi) is 16.6. The van der Waals surface area contributed by atoms with Gasteiger partial charge in [0.1, 0.15) is 37.9 Å². The number of nitrogens with zero attached hydrogens (tertiary/aromatic N) is 5. The highest BCUT2D eigenvalue weighted by molar-refractivity contribution is 6.07. The molecule has 0 saturated carbocycles. The van der Waals surface area contributed by atoms with E-state index in [2.05, 4.69) is 13.2 Å². The molecule has 1 aromatic heterocycles. The third kappa shape index (κ3) is 10.8. The fraction of sp³-hybridized carbons (Fsp3) is 0.305.